The van der Waals surface area contributed by atoms with Gasteiger partial charge >= 0.3 is 5.97 Å². The molecule has 0 radical (unpaired) electrons. The Kier molecular flexibility index (Phi) is 7.30. The Morgan fingerprint density at radius 2 is 2.03 bits per heavy atom. The number of nitrogens with one attached hydrogen (secondary N) is 1. The Hall–Kier alpha value is -3.85. The number of anilines is 2. The first-order valence-corrected chi connectivity index (χ1v) is 12.2. The predicted molar refractivity (Wildman–Crippen MR) is 140 cm³/mol. The molecule has 0 aliphatic carbocycles. The Balaban J connectivity index is 1.68. The van der Waals surface area contributed by atoms with E-state index < -0.39 is 5.97 Å². The first kappa shape index (κ1) is 25.2. The first-order valence-electron chi connectivity index (χ1n) is 12.2. The van der Waals surface area contributed by atoms with Crippen molar-refractivity contribution in [3.8, 4) is 0 Å². The number of carboxylic acid groups (broad SMARTS) is 1. The lowest BCUT2D eigenvalue weighted by atomic mass is 9.83. The number of carbonyl (C=O) groups excluding carboxylic acids is 1. The van der Waals surface area contributed by atoms with Crippen LogP contribution >= 0.6 is 0 Å². The van der Waals surface area contributed by atoms with E-state index in [-0.39, 0.29) is 18.2 Å². The molecule has 0 spiro atoms. The van der Waals surface area contributed by atoms with Gasteiger partial charge in [-0.15, -0.1) is 0 Å². The number of hydrogen-bond donors (Lipinski definition) is 3. The maximum atomic E-state index is 13.0. The fraction of sp³-hybridized carbons (Fsp3) is 0.370. The van der Waals surface area contributed by atoms with Crippen LogP contribution in [-0.2, 0) is 24.8 Å². The molecule has 4 rings (SSSR count). The molecule has 0 fully saturated rings. The van der Waals surface area contributed by atoms with E-state index >= 15 is 0 Å². The second kappa shape index (κ2) is 10.4. The van der Waals surface area contributed by atoms with Gasteiger partial charge in [0.05, 0.1) is 24.1 Å². The van der Waals surface area contributed by atoms with Crippen molar-refractivity contribution >= 4 is 23.3 Å². The largest absolute Gasteiger partial charge is 0.481 e. The number of aryl methyl sites for hydroxylation is 1. The van der Waals surface area contributed by atoms with Gasteiger partial charge in [-0.05, 0) is 54.2 Å². The van der Waals surface area contributed by atoms with Crippen molar-refractivity contribution in [2.24, 2.45) is 7.05 Å². The number of rotatable bonds is 8. The maximum absolute atomic E-state index is 13.0. The van der Waals surface area contributed by atoms with Crippen LogP contribution in [0.4, 0.5) is 11.4 Å². The summed E-state index contributed by atoms with van der Waals surface area (Å²) in [6, 6.07) is 10.0. The molecular weight excluding hydrogens is 456 g/mol. The summed E-state index contributed by atoms with van der Waals surface area (Å²) in [7, 11) is 3.68. The van der Waals surface area contributed by atoms with Gasteiger partial charge in [0.2, 0.25) is 0 Å². The number of benzene rings is 2. The second-order valence-electron chi connectivity index (χ2n) is 9.26. The van der Waals surface area contributed by atoms with E-state index in [9.17, 15) is 14.7 Å². The number of nitrogen functional groups attached to an aromatic ring is 1. The van der Waals surface area contributed by atoms with Crippen molar-refractivity contribution in [3.05, 3.63) is 76.4 Å². The average molecular weight is 491 g/mol. The number of hydrazine groups is 1. The van der Waals surface area contributed by atoms with E-state index in [0.717, 1.165) is 40.9 Å². The highest BCUT2D eigenvalue weighted by Gasteiger charge is 2.27. The third-order valence-electron chi connectivity index (χ3n) is 7.02. The van der Waals surface area contributed by atoms with Crippen LogP contribution in [0.1, 0.15) is 57.6 Å². The second-order valence-corrected chi connectivity index (χ2v) is 9.26. The Bertz CT molecular complexity index is 1280. The lowest BCUT2D eigenvalue weighted by molar-refractivity contribution is -0.137. The van der Waals surface area contributed by atoms with Crippen LogP contribution in [-0.4, -0.2) is 51.6 Å². The number of imidazole rings is 1. The van der Waals surface area contributed by atoms with Gasteiger partial charge in [-0.2, -0.15) is 0 Å². The smallest absolute Gasteiger partial charge is 0.304 e. The summed E-state index contributed by atoms with van der Waals surface area (Å²) in [6.45, 7) is 5.79. The van der Waals surface area contributed by atoms with Gasteiger partial charge in [0.15, 0.2) is 0 Å². The van der Waals surface area contributed by atoms with Gasteiger partial charge < -0.3 is 25.3 Å². The van der Waals surface area contributed by atoms with Crippen molar-refractivity contribution in [1.29, 1.82) is 0 Å². The van der Waals surface area contributed by atoms with Crippen LogP contribution in [0, 0.1) is 6.92 Å². The van der Waals surface area contributed by atoms with Crippen molar-refractivity contribution in [1.82, 2.24) is 19.9 Å². The van der Waals surface area contributed by atoms with Gasteiger partial charge in [-0.1, -0.05) is 24.3 Å². The molecule has 9 nitrogen and oxygen atoms in total. The van der Waals surface area contributed by atoms with E-state index in [0.29, 0.717) is 24.5 Å². The number of carboxylic acids is 1. The Morgan fingerprint density at radius 3 is 2.67 bits per heavy atom. The molecule has 0 bridgehead atoms. The molecule has 190 valence electrons. The zero-order chi connectivity index (χ0) is 26.0. The molecule has 0 saturated heterocycles. The minimum absolute atomic E-state index is 0.0570. The van der Waals surface area contributed by atoms with Crippen LogP contribution in [0.15, 0.2) is 42.9 Å². The molecule has 1 aliphatic heterocycles. The highest BCUT2D eigenvalue weighted by molar-refractivity contribution is 5.92. The molecule has 0 saturated carbocycles. The van der Waals surface area contributed by atoms with Crippen LogP contribution in [0.3, 0.4) is 0 Å². The summed E-state index contributed by atoms with van der Waals surface area (Å²) in [6.07, 6.45) is 4.03. The highest BCUT2D eigenvalue weighted by Crippen LogP contribution is 2.37. The number of amides is 1. The molecule has 36 heavy (non-hydrogen) atoms. The minimum atomic E-state index is -0.878. The lowest BCUT2D eigenvalue weighted by Gasteiger charge is -2.30. The van der Waals surface area contributed by atoms with Gasteiger partial charge in [0.25, 0.3) is 5.91 Å². The van der Waals surface area contributed by atoms with Gasteiger partial charge in [0.1, 0.15) is 5.69 Å². The molecule has 1 atom stereocenters. The summed E-state index contributed by atoms with van der Waals surface area (Å²) in [5.74, 6) is -1.34. The van der Waals surface area contributed by atoms with E-state index in [1.54, 1.807) is 22.0 Å². The fourth-order valence-electron chi connectivity index (χ4n) is 5.03. The van der Waals surface area contributed by atoms with Crippen LogP contribution < -0.4 is 16.2 Å². The maximum Gasteiger partial charge on any atom is 0.304 e. The molecule has 1 amide bonds. The number of fused-ring (bicyclic) bond motifs is 1. The fourth-order valence-corrected chi connectivity index (χ4v) is 5.03. The summed E-state index contributed by atoms with van der Waals surface area (Å²) < 4.78 is 1.76. The van der Waals surface area contributed by atoms with E-state index in [1.165, 1.54) is 5.56 Å². The zero-order valence-electron chi connectivity index (χ0n) is 21.3. The van der Waals surface area contributed by atoms with Gasteiger partial charge in [-0.25, -0.2) is 10.4 Å². The quantitative estimate of drug-likeness (QED) is 0.328. The monoisotopic (exact) mass is 490 g/mol. The number of nitrogens with zero attached hydrogens (tertiary/aromatic N) is 4. The molecule has 4 N–H and O–H groups in total. The van der Waals surface area contributed by atoms with Gasteiger partial charge in [0, 0.05) is 45.8 Å². The molecule has 1 aromatic heterocycles. The Labute approximate surface area is 211 Å². The molecule has 2 heterocycles. The summed E-state index contributed by atoms with van der Waals surface area (Å²) in [5, 5.41) is 11.7. The summed E-state index contributed by atoms with van der Waals surface area (Å²) in [4.78, 5) is 30.9. The number of hydrogen-bond acceptors (Lipinski definition) is 6. The first-order chi connectivity index (χ1) is 17.2. The van der Waals surface area contributed by atoms with E-state index in [1.807, 2.05) is 51.2 Å². The molecule has 2 aromatic carbocycles. The zero-order valence-corrected chi connectivity index (χ0v) is 21.3. The molecule has 9 heteroatoms. The van der Waals surface area contributed by atoms with Crippen molar-refractivity contribution in [2.45, 2.75) is 39.2 Å². The molecule has 1 unspecified atom stereocenters. The number of nitrogens with two attached hydrogens (primary N) is 1. The van der Waals surface area contributed by atoms with E-state index in [2.05, 4.69) is 22.5 Å². The van der Waals surface area contributed by atoms with Crippen molar-refractivity contribution < 1.29 is 14.7 Å². The highest BCUT2D eigenvalue weighted by atomic mass is 16.4. The van der Waals surface area contributed by atoms with Crippen LogP contribution in [0.2, 0.25) is 0 Å². The van der Waals surface area contributed by atoms with E-state index in [4.69, 9.17) is 5.73 Å². The topological polar surface area (TPSA) is 117 Å². The molecular formula is C27H34N6O3. The van der Waals surface area contributed by atoms with Crippen molar-refractivity contribution in [3.63, 3.8) is 0 Å². The molecule has 3 aromatic rings. The third kappa shape index (κ3) is 4.92. The molecule has 1 aliphatic rings. The van der Waals surface area contributed by atoms with Crippen LogP contribution in [0.5, 0.6) is 0 Å². The minimum Gasteiger partial charge on any atom is -0.481 e. The third-order valence-corrected chi connectivity index (χ3v) is 7.02. The summed E-state index contributed by atoms with van der Waals surface area (Å²) >= 11 is 0. The van der Waals surface area contributed by atoms with Crippen molar-refractivity contribution in [2.75, 3.05) is 30.9 Å². The lowest BCUT2D eigenvalue weighted by Crippen LogP contribution is -2.36. The number of aromatic nitrogens is 2. The van der Waals surface area contributed by atoms with Crippen LogP contribution in [0.25, 0.3) is 0 Å². The predicted octanol–water partition coefficient (Wildman–Crippen LogP) is 3.08. The normalized spacial score (nSPS) is 13.8. The number of carbonyl (C=O) groups is 2. The average Bonchev–Trinajstić information content (AvgIpc) is 3.31. The van der Waals surface area contributed by atoms with Gasteiger partial charge in [-0.3, -0.25) is 9.59 Å². The summed E-state index contributed by atoms with van der Waals surface area (Å²) in [5.41, 5.74) is 16.5. The Morgan fingerprint density at radius 1 is 1.25 bits per heavy atom. The number of aliphatic carboxylic acids is 1. The SMILES string of the molecule is CCN(NC)c1ccc(C(CC(=O)O)c2ccc3c(c2)CN(C(=O)c2cn(C)cn2)CC3)c(C)c1N. The standard InChI is InChI=1S/C27H34N6O3/c1-5-33(29-3)24-9-8-21(17(2)26(24)28)22(13-25(34)35)19-7-6-18-10-11-32(14-20(18)12-19)27(36)23-15-31(4)16-30-23/h6-9,12,15-16,22,29H,5,10-11,13-14,28H2,1-4H3,(H,34,35).